The van der Waals surface area contributed by atoms with E-state index >= 15 is 0 Å². The Labute approximate surface area is 179 Å². The summed E-state index contributed by atoms with van der Waals surface area (Å²) in [6.45, 7) is 8.12. The number of hydrogen-bond donors (Lipinski definition) is 2. The van der Waals surface area contributed by atoms with Gasteiger partial charge in [-0.3, -0.25) is 9.59 Å². The van der Waals surface area contributed by atoms with Crippen molar-refractivity contribution in [1.82, 2.24) is 5.32 Å². The van der Waals surface area contributed by atoms with E-state index in [0.717, 1.165) is 43.6 Å². The van der Waals surface area contributed by atoms with Gasteiger partial charge < -0.3 is 15.5 Å². The van der Waals surface area contributed by atoms with Crippen LogP contribution in [0.25, 0.3) is 0 Å². The highest BCUT2D eigenvalue weighted by molar-refractivity contribution is 6.02. The van der Waals surface area contributed by atoms with Crippen LogP contribution in [0.2, 0.25) is 0 Å². The van der Waals surface area contributed by atoms with Crippen molar-refractivity contribution in [2.75, 3.05) is 23.3 Å². The van der Waals surface area contributed by atoms with E-state index in [1.165, 1.54) is 0 Å². The zero-order valence-corrected chi connectivity index (χ0v) is 18.3. The van der Waals surface area contributed by atoms with Crippen molar-refractivity contribution in [2.45, 2.75) is 52.5 Å². The number of anilines is 2. The summed E-state index contributed by atoms with van der Waals surface area (Å²) in [6, 6.07) is 15.5. The van der Waals surface area contributed by atoms with Crippen molar-refractivity contribution in [3.63, 3.8) is 0 Å². The second-order valence-electron chi connectivity index (χ2n) is 8.31. The van der Waals surface area contributed by atoms with Crippen molar-refractivity contribution < 1.29 is 9.59 Å². The van der Waals surface area contributed by atoms with Crippen LogP contribution in [-0.4, -0.2) is 24.9 Å². The topological polar surface area (TPSA) is 61.4 Å². The summed E-state index contributed by atoms with van der Waals surface area (Å²) >= 11 is 0. The summed E-state index contributed by atoms with van der Waals surface area (Å²) in [4.78, 5) is 27.6. The molecule has 2 N–H and O–H groups in total. The maximum atomic E-state index is 13.3. The van der Waals surface area contributed by atoms with Crippen LogP contribution in [0, 0.1) is 5.92 Å². The van der Waals surface area contributed by atoms with Crippen molar-refractivity contribution in [3.8, 4) is 0 Å². The Morgan fingerprint density at radius 1 is 1.10 bits per heavy atom. The Morgan fingerprint density at radius 2 is 1.80 bits per heavy atom. The van der Waals surface area contributed by atoms with Crippen molar-refractivity contribution in [2.24, 2.45) is 5.92 Å². The van der Waals surface area contributed by atoms with Crippen LogP contribution in [0.4, 0.5) is 11.4 Å². The molecule has 2 aromatic carbocycles. The zero-order valence-electron chi connectivity index (χ0n) is 18.3. The molecule has 2 amide bonds. The van der Waals surface area contributed by atoms with Gasteiger partial charge in [0.1, 0.15) is 0 Å². The minimum atomic E-state index is -0.119. The number of carbonyl (C=O) groups is 2. The fourth-order valence-corrected chi connectivity index (χ4v) is 3.87. The number of piperidine rings is 1. The second-order valence-corrected chi connectivity index (χ2v) is 8.31. The Bertz CT molecular complexity index is 858. The molecule has 1 fully saturated rings. The van der Waals surface area contributed by atoms with Crippen LogP contribution in [0.5, 0.6) is 0 Å². The SMILES string of the molecule is CCCC(=O)Nc1ccc(N2CCC(C)CC2)c(C(=O)N[C@@H](C)c2ccccc2)c1. The first-order valence-corrected chi connectivity index (χ1v) is 11.0. The van der Waals surface area contributed by atoms with Crippen LogP contribution in [0.15, 0.2) is 48.5 Å². The Hall–Kier alpha value is -2.82. The lowest BCUT2D eigenvalue weighted by Gasteiger charge is -2.33. The minimum Gasteiger partial charge on any atom is -0.371 e. The maximum absolute atomic E-state index is 13.3. The van der Waals surface area contributed by atoms with Gasteiger partial charge >= 0.3 is 0 Å². The average Bonchev–Trinajstić information content (AvgIpc) is 2.75. The molecular weight excluding hydrogens is 374 g/mol. The first-order valence-electron chi connectivity index (χ1n) is 11.0. The molecular formula is C25H33N3O2. The third-order valence-corrected chi connectivity index (χ3v) is 5.77. The molecule has 5 nitrogen and oxygen atoms in total. The predicted molar refractivity (Wildman–Crippen MR) is 123 cm³/mol. The molecule has 30 heavy (non-hydrogen) atoms. The van der Waals surface area contributed by atoms with Crippen molar-refractivity contribution in [1.29, 1.82) is 0 Å². The quantitative estimate of drug-likeness (QED) is 0.667. The first-order chi connectivity index (χ1) is 14.5. The van der Waals surface area contributed by atoms with Gasteiger partial charge in [-0.05, 0) is 55.9 Å². The van der Waals surface area contributed by atoms with Crippen LogP contribution < -0.4 is 15.5 Å². The maximum Gasteiger partial charge on any atom is 0.253 e. The lowest BCUT2D eigenvalue weighted by Crippen LogP contribution is -2.35. The van der Waals surface area contributed by atoms with Crippen LogP contribution in [-0.2, 0) is 4.79 Å². The number of amides is 2. The standard InChI is InChI=1S/C25H33N3O2/c1-4-8-24(29)27-21-11-12-23(28-15-13-18(2)14-16-28)22(17-21)25(30)26-19(3)20-9-6-5-7-10-20/h5-7,9-12,17-19H,4,8,13-16H2,1-3H3,(H,26,30)(H,27,29)/t19-/m0/s1. The molecule has 0 saturated carbocycles. The molecule has 0 radical (unpaired) electrons. The van der Waals surface area contributed by atoms with Gasteiger partial charge in [0.2, 0.25) is 5.91 Å². The summed E-state index contributed by atoms with van der Waals surface area (Å²) in [5, 5.41) is 6.05. The lowest BCUT2D eigenvalue weighted by atomic mass is 9.97. The number of hydrogen-bond acceptors (Lipinski definition) is 3. The third kappa shape index (κ3) is 5.62. The van der Waals surface area contributed by atoms with Gasteiger partial charge in [-0.1, -0.05) is 44.2 Å². The van der Waals surface area contributed by atoms with Gasteiger partial charge in [0, 0.05) is 30.9 Å². The van der Waals surface area contributed by atoms with E-state index in [-0.39, 0.29) is 17.9 Å². The summed E-state index contributed by atoms with van der Waals surface area (Å²) in [7, 11) is 0. The van der Waals surface area contributed by atoms with Crippen LogP contribution >= 0.6 is 0 Å². The summed E-state index contributed by atoms with van der Waals surface area (Å²) in [5.74, 6) is 0.567. The molecule has 160 valence electrons. The van der Waals surface area contributed by atoms with Gasteiger partial charge in [0.05, 0.1) is 11.6 Å². The molecule has 0 spiro atoms. The molecule has 0 bridgehead atoms. The predicted octanol–water partition coefficient (Wildman–Crippen LogP) is 5.15. The fraction of sp³-hybridized carbons (Fsp3) is 0.440. The molecule has 0 aliphatic carbocycles. The third-order valence-electron chi connectivity index (χ3n) is 5.77. The summed E-state index contributed by atoms with van der Waals surface area (Å²) in [5.41, 5.74) is 3.28. The Morgan fingerprint density at radius 3 is 2.47 bits per heavy atom. The molecule has 1 atom stereocenters. The summed E-state index contributed by atoms with van der Waals surface area (Å²) in [6.07, 6.45) is 3.50. The zero-order chi connectivity index (χ0) is 21.5. The average molecular weight is 408 g/mol. The number of rotatable bonds is 7. The molecule has 1 aliphatic heterocycles. The molecule has 1 saturated heterocycles. The van der Waals surface area contributed by atoms with E-state index in [1.807, 2.05) is 62.4 Å². The molecule has 5 heteroatoms. The normalized spacial score (nSPS) is 15.5. The van der Waals surface area contributed by atoms with E-state index < -0.39 is 0 Å². The summed E-state index contributed by atoms with van der Waals surface area (Å²) < 4.78 is 0. The molecule has 1 aliphatic rings. The van der Waals surface area contributed by atoms with Gasteiger partial charge in [-0.25, -0.2) is 0 Å². The second kappa shape index (κ2) is 10.3. The molecule has 3 rings (SSSR count). The number of carbonyl (C=O) groups excluding carboxylic acids is 2. The number of nitrogens with one attached hydrogen (secondary N) is 2. The van der Waals surface area contributed by atoms with Crippen LogP contribution in [0.3, 0.4) is 0 Å². The van der Waals surface area contributed by atoms with E-state index in [4.69, 9.17) is 0 Å². The van der Waals surface area contributed by atoms with Gasteiger partial charge in [0.25, 0.3) is 5.91 Å². The van der Waals surface area contributed by atoms with Gasteiger partial charge in [-0.15, -0.1) is 0 Å². The molecule has 1 heterocycles. The number of benzene rings is 2. The Balaban J connectivity index is 1.85. The Kier molecular flexibility index (Phi) is 7.50. The highest BCUT2D eigenvalue weighted by Gasteiger charge is 2.23. The van der Waals surface area contributed by atoms with E-state index in [2.05, 4.69) is 22.5 Å². The van der Waals surface area contributed by atoms with Crippen molar-refractivity contribution >= 4 is 23.2 Å². The molecule has 0 unspecified atom stereocenters. The van der Waals surface area contributed by atoms with E-state index in [9.17, 15) is 9.59 Å². The first kappa shape index (κ1) is 21.9. The lowest BCUT2D eigenvalue weighted by molar-refractivity contribution is -0.116. The van der Waals surface area contributed by atoms with E-state index in [1.54, 1.807) is 0 Å². The smallest absolute Gasteiger partial charge is 0.253 e. The minimum absolute atomic E-state index is 0.0268. The van der Waals surface area contributed by atoms with Crippen molar-refractivity contribution in [3.05, 3.63) is 59.7 Å². The molecule has 0 aromatic heterocycles. The van der Waals surface area contributed by atoms with Crippen LogP contribution in [0.1, 0.15) is 68.4 Å². The largest absolute Gasteiger partial charge is 0.371 e. The number of nitrogens with zero attached hydrogens (tertiary/aromatic N) is 1. The van der Waals surface area contributed by atoms with Gasteiger partial charge in [0.15, 0.2) is 0 Å². The highest BCUT2D eigenvalue weighted by Crippen LogP contribution is 2.29. The molecule has 2 aromatic rings. The fourth-order valence-electron chi connectivity index (χ4n) is 3.87. The highest BCUT2D eigenvalue weighted by atomic mass is 16.2. The van der Waals surface area contributed by atoms with E-state index in [0.29, 0.717) is 23.6 Å². The monoisotopic (exact) mass is 407 g/mol. The van der Waals surface area contributed by atoms with Gasteiger partial charge in [-0.2, -0.15) is 0 Å².